The van der Waals surface area contributed by atoms with Crippen LogP contribution in [-0.2, 0) is 19.1 Å². The fraction of sp³-hybridized carbons (Fsp3) is 0.607. The molecule has 2 saturated heterocycles. The minimum absolute atomic E-state index is 0.000946. The van der Waals surface area contributed by atoms with Crippen molar-refractivity contribution in [3.63, 3.8) is 0 Å². The normalized spacial score (nSPS) is 34.1. The summed E-state index contributed by atoms with van der Waals surface area (Å²) < 4.78 is 6.47. The van der Waals surface area contributed by atoms with Crippen LogP contribution in [-0.4, -0.2) is 52.5 Å². The SMILES string of the molecule is O=C(Nc1cccc(Cl)c1)[C@@H]1[C@@H]2C=C[C@]3(O2)[C@@H]1C(=O)N(C1CCCCC1)[C@@H]3C(=O)NC1CCCCC1. The van der Waals surface area contributed by atoms with Crippen molar-refractivity contribution in [1.82, 2.24) is 10.2 Å². The van der Waals surface area contributed by atoms with Gasteiger partial charge in [-0.05, 0) is 43.9 Å². The predicted octanol–water partition coefficient (Wildman–Crippen LogP) is 4.21. The van der Waals surface area contributed by atoms with Crippen LogP contribution in [0.5, 0.6) is 0 Å². The summed E-state index contributed by atoms with van der Waals surface area (Å²) in [7, 11) is 0. The van der Waals surface area contributed by atoms with E-state index < -0.39 is 29.6 Å². The van der Waals surface area contributed by atoms with Crippen LogP contribution in [0.4, 0.5) is 5.69 Å². The molecule has 36 heavy (non-hydrogen) atoms. The zero-order chi connectivity index (χ0) is 24.9. The second-order valence-corrected chi connectivity index (χ2v) is 11.5. The molecule has 7 nitrogen and oxygen atoms in total. The van der Waals surface area contributed by atoms with E-state index in [1.165, 1.54) is 6.42 Å². The van der Waals surface area contributed by atoms with E-state index in [0.717, 1.165) is 57.8 Å². The maximum absolute atomic E-state index is 14.1. The Labute approximate surface area is 217 Å². The molecule has 8 heteroatoms. The van der Waals surface area contributed by atoms with Crippen molar-refractivity contribution in [2.75, 3.05) is 5.32 Å². The Morgan fingerprint density at radius 1 is 1.00 bits per heavy atom. The first kappa shape index (κ1) is 24.0. The number of carbonyl (C=O) groups excluding carboxylic acids is 3. The van der Waals surface area contributed by atoms with Gasteiger partial charge in [0.15, 0.2) is 0 Å². The molecule has 5 aliphatic rings. The summed E-state index contributed by atoms with van der Waals surface area (Å²) in [6.45, 7) is 0. The monoisotopic (exact) mass is 511 g/mol. The number of nitrogens with zero attached hydrogens (tertiary/aromatic N) is 1. The lowest BCUT2D eigenvalue weighted by Gasteiger charge is -2.39. The van der Waals surface area contributed by atoms with Crippen molar-refractivity contribution >= 4 is 35.0 Å². The lowest BCUT2D eigenvalue weighted by molar-refractivity contribution is -0.144. The number of likely N-dealkylation sites (tertiary alicyclic amines) is 1. The van der Waals surface area contributed by atoms with E-state index in [4.69, 9.17) is 16.3 Å². The third-order valence-corrected chi connectivity index (χ3v) is 9.11. The third-order valence-electron chi connectivity index (χ3n) is 8.87. The van der Waals surface area contributed by atoms with Gasteiger partial charge in [-0.1, -0.05) is 68.3 Å². The van der Waals surface area contributed by atoms with Gasteiger partial charge in [0.05, 0.1) is 17.9 Å². The second-order valence-electron chi connectivity index (χ2n) is 11.1. The molecule has 6 rings (SSSR count). The molecule has 0 aromatic heterocycles. The van der Waals surface area contributed by atoms with Crippen molar-refractivity contribution in [1.29, 1.82) is 0 Å². The van der Waals surface area contributed by atoms with E-state index in [-0.39, 0.29) is 29.8 Å². The van der Waals surface area contributed by atoms with Gasteiger partial charge in [-0.15, -0.1) is 0 Å². The summed E-state index contributed by atoms with van der Waals surface area (Å²) in [5.41, 5.74) is -0.525. The minimum Gasteiger partial charge on any atom is -0.359 e. The molecule has 0 unspecified atom stereocenters. The van der Waals surface area contributed by atoms with Crippen LogP contribution in [0.1, 0.15) is 64.2 Å². The molecule has 192 valence electrons. The zero-order valence-corrected chi connectivity index (χ0v) is 21.2. The van der Waals surface area contributed by atoms with Gasteiger partial charge in [0, 0.05) is 22.8 Å². The van der Waals surface area contributed by atoms with Gasteiger partial charge >= 0.3 is 0 Å². The van der Waals surface area contributed by atoms with E-state index in [0.29, 0.717) is 10.7 Å². The number of halogens is 1. The molecule has 2 bridgehead atoms. The summed E-state index contributed by atoms with van der Waals surface area (Å²) in [4.78, 5) is 43.4. The van der Waals surface area contributed by atoms with Gasteiger partial charge in [-0.3, -0.25) is 14.4 Å². The third kappa shape index (κ3) is 3.95. The quantitative estimate of drug-likeness (QED) is 0.580. The molecule has 2 saturated carbocycles. The number of ether oxygens (including phenoxy) is 1. The van der Waals surface area contributed by atoms with E-state index in [2.05, 4.69) is 10.6 Å². The standard InChI is InChI=1S/C28H34ClN3O4/c29-17-8-7-11-19(16-17)31-25(33)22-21-14-15-28(36-21)23(22)27(35)32(20-12-5-2-6-13-20)24(28)26(34)30-18-9-3-1-4-10-18/h7-8,11,14-16,18,20-24H,1-6,9-10,12-13H2,(H,30,34)(H,31,33)/t21-,22+,23-,24+,28-/m0/s1. The van der Waals surface area contributed by atoms with Gasteiger partial charge < -0.3 is 20.3 Å². The molecule has 0 radical (unpaired) electrons. The highest BCUT2D eigenvalue weighted by atomic mass is 35.5. The van der Waals surface area contributed by atoms with Crippen molar-refractivity contribution in [2.45, 2.75) is 94.0 Å². The molecule has 1 aromatic rings. The van der Waals surface area contributed by atoms with Crippen LogP contribution >= 0.6 is 11.6 Å². The molecule has 1 spiro atoms. The average molecular weight is 512 g/mol. The largest absolute Gasteiger partial charge is 0.359 e. The molecule has 3 aliphatic heterocycles. The van der Waals surface area contributed by atoms with Crippen molar-refractivity contribution in [3.8, 4) is 0 Å². The topological polar surface area (TPSA) is 87.7 Å². The molecule has 5 atom stereocenters. The Hall–Kier alpha value is -2.38. The van der Waals surface area contributed by atoms with Crippen LogP contribution in [0.2, 0.25) is 5.02 Å². The highest BCUT2D eigenvalue weighted by Gasteiger charge is 2.73. The number of nitrogens with one attached hydrogen (secondary N) is 2. The van der Waals surface area contributed by atoms with Crippen LogP contribution in [0, 0.1) is 11.8 Å². The molecule has 1 aromatic carbocycles. The van der Waals surface area contributed by atoms with Gasteiger partial charge in [-0.2, -0.15) is 0 Å². The van der Waals surface area contributed by atoms with Crippen LogP contribution in [0.15, 0.2) is 36.4 Å². The Balaban J connectivity index is 1.32. The number of rotatable bonds is 5. The average Bonchev–Trinajstić information content (AvgIpc) is 3.52. The van der Waals surface area contributed by atoms with E-state index in [1.807, 2.05) is 17.1 Å². The molecule has 3 heterocycles. The summed E-state index contributed by atoms with van der Waals surface area (Å²) >= 11 is 6.11. The molecule has 3 amide bonds. The first-order chi connectivity index (χ1) is 17.5. The Morgan fingerprint density at radius 3 is 2.44 bits per heavy atom. The first-order valence-electron chi connectivity index (χ1n) is 13.5. The Bertz CT molecular complexity index is 1080. The Morgan fingerprint density at radius 2 is 1.72 bits per heavy atom. The number of anilines is 1. The zero-order valence-electron chi connectivity index (χ0n) is 20.5. The first-order valence-corrected chi connectivity index (χ1v) is 13.9. The van der Waals surface area contributed by atoms with Gasteiger partial charge in [-0.25, -0.2) is 0 Å². The highest BCUT2D eigenvalue weighted by molar-refractivity contribution is 6.30. The van der Waals surface area contributed by atoms with E-state index in [1.54, 1.807) is 24.3 Å². The fourth-order valence-electron chi connectivity index (χ4n) is 7.28. The number of hydrogen-bond donors (Lipinski definition) is 2. The number of carbonyl (C=O) groups is 3. The lowest BCUT2D eigenvalue weighted by Crippen LogP contribution is -2.58. The summed E-state index contributed by atoms with van der Waals surface area (Å²) in [5, 5.41) is 6.73. The summed E-state index contributed by atoms with van der Waals surface area (Å²) in [6, 6.07) is 6.36. The maximum Gasteiger partial charge on any atom is 0.246 e. The number of fused-ring (bicyclic) bond motifs is 1. The smallest absolute Gasteiger partial charge is 0.246 e. The van der Waals surface area contributed by atoms with Gasteiger partial charge in [0.25, 0.3) is 0 Å². The van der Waals surface area contributed by atoms with Gasteiger partial charge in [0.1, 0.15) is 11.6 Å². The van der Waals surface area contributed by atoms with Crippen molar-refractivity contribution in [2.24, 2.45) is 11.8 Å². The second kappa shape index (κ2) is 9.49. The predicted molar refractivity (Wildman–Crippen MR) is 136 cm³/mol. The minimum atomic E-state index is -1.10. The van der Waals surface area contributed by atoms with E-state index in [9.17, 15) is 14.4 Å². The molecular weight excluding hydrogens is 478 g/mol. The molecule has 2 N–H and O–H groups in total. The van der Waals surface area contributed by atoms with Crippen LogP contribution in [0.25, 0.3) is 0 Å². The van der Waals surface area contributed by atoms with Crippen LogP contribution in [0.3, 0.4) is 0 Å². The Kier molecular flexibility index (Phi) is 6.32. The van der Waals surface area contributed by atoms with Gasteiger partial charge in [0.2, 0.25) is 17.7 Å². The summed E-state index contributed by atoms with van der Waals surface area (Å²) in [5.74, 6) is -1.94. The number of benzene rings is 1. The number of hydrogen-bond acceptors (Lipinski definition) is 4. The van der Waals surface area contributed by atoms with Crippen molar-refractivity contribution in [3.05, 3.63) is 41.4 Å². The highest BCUT2D eigenvalue weighted by Crippen LogP contribution is 2.56. The van der Waals surface area contributed by atoms with Crippen molar-refractivity contribution < 1.29 is 19.1 Å². The van der Waals surface area contributed by atoms with E-state index >= 15 is 0 Å². The molecule has 2 aliphatic carbocycles. The van der Waals surface area contributed by atoms with Crippen LogP contribution < -0.4 is 10.6 Å². The maximum atomic E-state index is 14.1. The lowest BCUT2D eigenvalue weighted by atomic mass is 9.74. The number of amides is 3. The molecule has 4 fully saturated rings. The summed E-state index contributed by atoms with van der Waals surface area (Å²) in [6.07, 6.45) is 13.6. The molecular formula is C28H34ClN3O4. The fourth-order valence-corrected chi connectivity index (χ4v) is 7.47.